The highest BCUT2D eigenvalue weighted by atomic mass is 32.2. The van der Waals surface area contributed by atoms with Crippen molar-refractivity contribution in [1.82, 2.24) is 9.91 Å². The fourth-order valence-electron chi connectivity index (χ4n) is 3.29. The first kappa shape index (κ1) is 14.8. The SMILES string of the molecule is CCN1CN2C(=N1)C(c1ccccc1C)=NCC1=C2[S+]([O-])CC1. The van der Waals surface area contributed by atoms with Crippen LogP contribution in [0.15, 0.2) is 45.0 Å². The molecule has 6 heteroatoms. The molecule has 0 spiro atoms. The second kappa shape index (κ2) is 5.69. The number of benzene rings is 1. The van der Waals surface area contributed by atoms with Crippen LogP contribution >= 0.6 is 0 Å². The molecule has 1 aromatic carbocycles. The van der Waals surface area contributed by atoms with Crippen LogP contribution in [-0.2, 0) is 11.2 Å². The molecule has 3 heterocycles. The van der Waals surface area contributed by atoms with E-state index in [1.165, 1.54) is 11.1 Å². The Balaban J connectivity index is 1.83. The van der Waals surface area contributed by atoms with Gasteiger partial charge in [-0.25, -0.2) is 0 Å². The lowest BCUT2D eigenvalue weighted by atomic mass is 10.0. The molecular formula is C17H20N4OS. The first-order chi connectivity index (χ1) is 11.2. The highest BCUT2D eigenvalue weighted by Crippen LogP contribution is 2.34. The van der Waals surface area contributed by atoms with Crippen molar-refractivity contribution in [2.24, 2.45) is 10.1 Å². The van der Waals surface area contributed by atoms with Gasteiger partial charge in [-0.05, 0) is 19.4 Å². The summed E-state index contributed by atoms with van der Waals surface area (Å²) in [6, 6.07) is 8.26. The number of hydrogen-bond donors (Lipinski definition) is 0. The van der Waals surface area contributed by atoms with Crippen LogP contribution in [0.4, 0.5) is 0 Å². The highest BCUT2D eigenvalue weighted by molar-refractivity contribution is 7.95. The number of hydrogen-bond acceptors (Lipinski definition) is 5. The fourth-order valence-corrected chi connectivity index (χ4v) is 4.79. The Morgan fingerprint density at radius 3 is 2.91 bits per heavy atom. The van der Waals surface area contributed by atoms with Crippen molar-refractivity contribution in [1.29, 1.82) is 0 Å². The predicted octanol–water partition coefficient (Wildman–Crippen LogP) is 2.07. The predicted molar refractivity (Wildman–Crippen MR) is 93.8 cm³/mol. The molecule has 3 aliphatic heterocycles. The van der Waals surface area contributed by atoms with Crippen LogP contribution in [0.5, 0.6) is 0 Å². The molecule has 0 bridgehead atoms. The highest BCUT2D eigenvalue weighted by Gasteiger charge is 2.41. The van der Waals surface area contributed by atoms with Crippen LogP contribution in [0, 0.1) is 6.92 Å². The number of amidine groups is 1. The van der Waals surface area contributed by atoms with Gasteiger partial charge in [0.05, 0.1) is 6.54 Å². The number of rotatable bonds is 2. The molecule has 23 heavy (non-hydrogen) atoms. The van der Waals surface area contributed by atoms with Crippen molar-refractivity contribution in [2.75, 3.05) is 25.5 Å². The lowest BCUT2D eigenvalue weighted by Crippen LogP contribution is -2.36. The average Bonchev–Trinajstić information content (AvgIpc) is 3.09. The minimum Gasteiger partial charge on any atom is -0.610 e. The summed E-state index contributed by atoms with van der Waals surface area (Å²) in [6.45, 7) is 6.31. The zero-order chi connectivity index (χ0) is 16.0. The molecule has 0 N–H and O–H groups in total. The molecule has 120 valence electrons. The molecule has 1 aromatic rings. The Morgan fingerprint density at radius 1 is 1.30 bits per heavy atom. The van der Waals surface area contributed by atoms with Gasteiger partial charge in [-0.2, -0.15) is 5.10 Å². The number of nitrogens with zero attached hydrogens (tertiary/aromatic N) is 4. The minimum absolute atomic E-state index is 0.631. The number of aryl methyl sites for hydroxylation is 1. The maximum absolute atomic E-state index is 12.5. The van der Waals surface area contributed by atoms with Gasteiger partial charge >= 0.3 is 0 Å². The summed E-state index contributed by atoms with van der Waals surface area (Å²) in [4.78, 5) is 6.99. The molecule has 0 saturated carbocycles. The van der Waals surface area contributed by atoms with Crippen molar-refractivity contribution in [3.63, 3.8) is 0 Å². The topological polar surface area (TPSA) is 54.3 Å². The molecule has 4 rings (SSSR count). The monoisotopic (exact) mass is 328 g/mol. The Bertz CT molecular complexity index is 740. The molecule has 0 radical (unpaired) electrons. The second-order valence-electron chi connectivity index (χ2n) is 6.00. The van der Waals surface area contributed by atoms with E-state index < -0.39 is 11.2 Å². The third-order valence-corrected chi connectivity index (χ3v) is 6.07. The zero-order valence-electron chi connectivity index (χ0n) is 13.5. The molecule has 1 atom stereocenters. The van der Waals surface area contributed by atoms with Crippen LogP contribution in [0.2, 0.25) is 0 Å². The first-order valence-corrected chi connectivity index (χ1v) is 9.33. The maximum atomic E-state index is 12.5. The first-order valence-electron chi connectivity index (χ1n) is 8.01. The van der Waals surface area contributed by atoms with E-state index in [-0.39, 0.29) is 0 Å². The third-order valence-electron chi connectivity index (χ3n) is 4.55. The quantitative estimate of drug-likeness (QED) is 0.781. The van der Waals surface area contributed by atoms with Gasteiger partial charge in [-0.3, -0.25) is 14.9 Å². The van der Waals surface area contributed by atoms with Gasteiger partial charge in [-0.1, -0.05) is 24.3 Å². The smallest absolute Gasteiger partial charge is 0.229 e. The van der Waals surface area contributed by atoms with Gasteiger partial charge in [-0.15, -0.1) is 0 Å². The normalized spacial score (nSPS) is 23.5. The van der Waals surface area contributed by atoms with Crippen molar-refractivity contribution < 1.29 is 4.55 Å². The van der Waals surface area contributed by atoms with Crippen molar-refractivity contribution in [3.05, 3.63) is 46.0 Å². The number of fused-ring (bicyclic) bond motifs is 2. The van der Waals surface area contributed by atoms with Crippen LogP contribution in [0.3, 0.4) is 0 Å². The van der Waals surface area contributed by atoms with Crippen LogP contribution in [0.1, 0.15) is 24.5 Å². The van der Waals surface area contributed by atoms with Crippen molar-refractivity contribution >= 4 is 22.7 Å². The molecule has 0 fully saturated rings. The molecule has 5 nitrogen and oxygen atoms in total. The van der Waals surface area contributed by atoms with E-state index in [4.69, 9.17) is 10.1 Å². The van der Waals surface area contributed by atoms with Crippen LogP contribution in [0.25, 0.3) is 0 Å². The van der Waals surface area contributed by atoms with Gasteiger partial charge in [0.25, 0.3) is 0 Å². The third kappa shape index (κ3) is 2.37. The van der Waals surface area contributed by atoms with E-state index in [9.17, 15) is 4.55 Å². The number of hydrazone groups is 1. The van der Waals surface area contributed by atoms with E-state index in [2.05, 4.69) is 30.9 Å². The van der Waals surface area contributed by atoms with Gasteiger partial charge < -0.3 is 4.55 Å². The summed E-state index contributed by atoms with van der Waals surface area (Å²) in [5, 5.41) is 7.72. The molecule has 3 aliphatic rings. The van der Waals surface area contributed by atoms with E-state index in [1.807, 2.05) is 17.1 Å². The van der Waals surface area contributed by atoms with Gasteiger partial charge in [0.15, 0.2) is 5.84 Å². The summed E-state index contributed by atoms with van der Waals surface area (Å²) in [7, 11) is 0. The maximum Gasteiger partial charge on any atom is 0.229 e. The van der Waals surface area contributed by atoms with Gasteiger partial charge in [0.2, 0.25) is 5.03 Å². The van der Waals surface area contributed by atoms with Crippen LogP contribution < -0.4 is 0 Å². The Kier molecular flexibility index (Phi) is 3.66. The lowest BCUT2D eigenvalue weighted by Gasteiger charge is -2.22. The molecule has 0 aliphatic carbocycles. The van der Waals surface area contributed by atoms with E-state index >= 15 is 0 Å². The molecule has 0 amide bonds. The van der Waals surface area contributed by atoms with E-state index in [0.29, 0.717) is 13.2 Å². The molecule has 0 aromatic heterocycles. The van der Waals surface area contributed by atoms with E-state index in [0.717, 1.165) is 40.9 Å². The minimum atomic E-state index is -0.930. The molecule has 1 unspecified atom stereocenters. The zero-order valence-corrected chi connectivity index (χ0v) is 14.3. The lowest BCUT2D eigenvalue weighted by molar-refractivity contribution is 0.272. The summed E-state index contributed by atoms with van der Waals surface area (Å²) >= 11 is -0.930. The summed E-state index contributed by atoms with van der Waals surface area (Å²) in [5.74, 6) is 1.57. The summed E-state index contributed by atoms with van der Waals surface area (Å²) < 4.78 is 12.5. The van der Waals surface area contributed by atoms with Crippen molar-refractivity contribution in [3.8, 4) is 0 Å². The largest absolute Gasteiger partial charge is 0.610 e. The standard InChI is InChI=1S/C17H20N4OS/c1-3-20-11-21-16(19-20)15(14-7-5-4-6-12(14)2)18-10-13-8-9-23(22)17(13)21/h4-7H,3,8-11H2,1-2H3. The van der Waals surface area contributed by atoms with E-state index in [1.54, 1.807) is 0 Å². The molecular weight excluding hydrogens is 308 g/mol. The van der Waals surface area contributed by atoms with Crippen LogP contribution in [-0.4, -0.2) is 51.5 Å². The Hall–Kier alpha value is -1.79. The summed E-state index contributed by atoms with van der Waals surface area (Å²) in [6.07, 6.45) is 0.877. The number of aliphatic imine (C=N–C) groups is 1. The Morgan fingerprint density at radius 2 is 2.13 bits per heavy atom. The van der Waals surface area contributed by atoms with Gasteiger partial charge in [0.1, 0.15) is 18.1 Å². The fraction of sp³-hybridized carbons (Fsp3) is 0.412. The average molecular weight is 328 g/mol. The molecule has 0 saturated heterocycles. The van der Waals surface area contributed by atoms with Gasteiger partial charge in [0, 0.05) is 35.3 Å². The van der Waals surface area contributed by atoms with Crippen molar-refractivity contribution in [2.45, 2.75) is 20.3 Å². The Labute approximate surface area is 139 Å². The summed E-state index contributed by atoms with van der Waals surface area (Å²) in [5.41, 5.74) is 4.43. The second-order valence-corrected chi connectivity index (χ2v) is 7.49.